The van der Waals surface area contributed by atoms with Crippen molar-refractivity contribution in [3.63, 3.8) is 0 Å². The monoisotopic (exact) mass is 347 g/mol. The second-order valence-electron chi connectivity index (χ2n) is 5.48. The smallest absolute Gasteiger partial charge is 0.416 e. The number of para-hydroxylation sites is 1. The molecule has 1 aromatic heterocycles. The molecule has 0 unspecified atom stereocenters. The molecule has 0 aliphatic heterocycles. The van der Waals surface area contributed by atoms with Crippen LogP contribution in [0.25, 0.3) is 10.9 Å². The maximum Gasteiger partial charge on any atom is 0.416 e. The summed E-state index contributed by atoms with van der Waals surface area (Å²) in [5.41, 5.74) is -1.59. The Balaban J connectivity index is 2.23. The molecule has 0 aliphatic rings. The first kappa shape index (κ1) is 16.8. The number of alkyl halides is 3. The molecule has 7 heteroatoms. The van der Waals surface area contributed by atoms with Crippen molar-refractivity contribution >= 4 is 16.9 Å². The van der Waals surface area contributed by atoms with Gasteiger partial charge in [-0.05, 0) is 23.8 Å². The third-order valence-electron chi connectivity index (χ3n) is 3.88. The van der Waals surface area contributed by atoms with Crippen molar-refractivity contribution in [2.75, 3.05) is 0 Å². The molecular weight excluding hydrogens is 335 g/mol. The van der Waals surface area contributed by atoms with E-state index in [-0.39, 0.29) is 17.5 Å². The SMILES string of the molecule is O=C(O)c1cn(Cc2ccccc2C(F)(F)F)c2ccccc2c1=O. The molecule has 2 aromatic carbocycles. The summed E-state index contributed by atoms with van der Waals surface area (Å²) in [6, 6.07) is 11.3. The van der Waals surface area contributed by atoms with E-state index in [4.69, 9.17) is 0 Å². The lowest BCUT2D eigenvalue weighted by molar-refractivity contribution is -0.138. The minimum atomic E-state index is -4.53. The molecule has 1 N–H and O–H groups in total. The number of aromatic carboxylic acids is 1. The van der Waals surface area contributed by atoms with Gasteiger partial charge in [0.05, 0.1) is 11.1 Å². The average molecular weight is 347 g/mol. The van der Waals surface area contributed by atoms with Gasteiger partial charge in [-0.25, -0.2) is 4.79 Å². The maximum absolute atomic E-state index is 13.2. The molecule has 1 heterocycles. The molecule has 0 radical (unpaired) electrons. The number of carboxylic acid groups (broad SMARTS) is 1. The molecule has 0 bridgehead atoms. The zero-order chi connectivity index (χ0) is 18.2. The summed E-state index contributed by atoms with van der Waals surface area (Å²) in [5, 5.41) is 9.35. The Morgan fingerprint density at radius 3 is 2.36 bits per heavy atom. The minimum absolute atomic E-state index is 0.0138. The number of pyridine rings is 1. The highest BCUT2D eigenvalue weighted by atomic mass is 19.4. The van der Waals surface area contributed by atoms with Gasteiger partial charge in [0.25, 0.3) is 0 Å². The Morgan fingerprint density at radius 2 is 1.68 bits per heavy atom. The lowest BCUT2D eigenvalue weighted by Gasteiger charge is -2.16. The summed E-state index contributed by atoms with van der Waals surface area (Å²) < 4.78 is 40.9. The normalized spacial score (nSPS) is 11.6. The van der Waals surface area contributed by atoms with Crippen molar-refractivity contribution in [2.45, 2.75) is 12.7 Å². The molecule has 3 aromatic rings. The lowest BCUT2D eigenvalue weighted by atomic mass is 10.1. The van der Waals surface area contributed by atoms with Gasteiger partial charge in [0.15, 0.2) is 0 Å². The fraction of sp³-hybridized carbons (Fsp3) is 0.111. The highest BCUT2D eigenvalue weighted by Crippen LogP contribution is 2.32. The van der Waals surface area contributed by atoms with Crippen LogP contribution in [-0.4, -0.2) is 15.6 Å². The van der Waals surface area contributed by atoms with Crippen LogP contribution in [0, 0.1) is 0 Å². The molecule has 0 spiro atoms. The summed E-state index contributed by atoms with van der Waals surface area (Å²) >= 11 is 0. The Hall–Kier alpha value is -3.09. The Bertz CT molecular complexity index is 1020. The topological polar surface area (TPSA) is 59.3 Å². The Morgan fingerprint density at radius 1 is 1.04 bits per heavy atom. The quantitative estimate of drug-likeness (QED) is 0.785. The number of aromatic nitrogens is 1. The number of hydrogen-bond donors (Lipinski definition) is 1. The molecule has 0 aliphatic carbocycles. The summed E-state index contributed by atoms with van der Waals surface area (Å²) in [7, 11) is 0. The number of nitrogens with zero attached hydrogens (tertiary/aromatic N) is 1. The van der Waals surface area contributed by atoms with Crippen molar-refractivity contribution in [1.29, 1.82) is 0 Å². The van der Waals surface area contributed by atoms with Crippen molar-refractivity contribution < 1.29 is 23.1 Å². The van der Waals surface area contributed by atoms with Crippen LogP contribution in [0.3, 0.4) is 0 Å². The van der Waals surface area contributed by atoms with Gasteiger partial charge in [-0.1, -0.05) is 30.3 Å². The summed E-state index contributed by atoms with van der Waals surface area (Å²) in [6.07, 6.45) is -3.44. The highest BCUT2D eigenvalue weighted by Gasteiger charge is 2.33. The maximum atomic E-state index is 13.2. The number of fused-ring (bicyclic) bond motifs is 1. The van der Waals surface area contributed by atoms with Gasteiger partial charge in [-0.15, -0.1) is 0 Å². The standard InChI is InChI=1S/C18H12F3NO3/c19-18(20,21)14-7-3-1-5-11(14)9-22-10-13(17(24)25)16(23)12-6-2-4-8-15(12)22/h1-8,10H,9H2,(H,24,25). The molecular formula is C18H12F3NO3. The van der Waals surface area contributed by atoms with Crippen molar-refractivity contribution in [3.05, 3.63) is 81.6 Å². The molecule has 3 rings (SSSR count). The van der Waals surface area contributed by atoms with Crippen LogP contribution in [0.1, 0.15) is 21.5 Å². The fourth-order valence-corrected chi connectivity index (χ4v) is 2.75. The van der Waals surface area contributed by atoms with Crippen LogP contribution in [-0.2, 0) is 12.7 Å². The second-order valence-corrected chi connectivity index (χ2v) is 5.48. The van der Waals surface area contributed by atoms with Crippen LogP contribution in [0.5, 0.6) is 0 Å². The predicted octanol–water partition coefficient (Wildman–Crippen LogP) is 3.77. The highest BCUT2D eigenvalue weighted by molar-refractivity contribution is 5.92. The fourth-order valence-electron chi connectivity index (χ4n) is 2.75. The molecule has 25 heavy (non-hydrogen) atoms. The second kappa shape index (κ2) is 6.08. The summed E-state index contributed by atoms with van der Waals surface area (Å²) in [4.78, 5) is 23.5. The van der Waals surface area contributed by atoms with Gasteiger partial charge in [-0.3, -0.25) is 4.79 Å². The van der Waals surface area contributed by atoms with Gasteiger partial charge in [0, 0.05) is 18.1 Å². The van der Waals surface area contributed by atoms with Crippen LogP contribution in [0.15, 0.2) is 59.5 Å². The summed E-state index contributed by atoms with van der Waals surface area (Å²) in [6.45, 7) is -0.212. The molecule has 0 saturated heterocycles. The van der Waals surface area contributed by atoms with Crippen LogP contribution in [0.2, 0.25) is 0 Å². The molecule has 0 saturated carbocycles. The number of benzene rings is 2. The van der Waals surface area contributed by atoms with E-state index in [1.54, 1.807) is 18.2 Å². The van der Waals surface area contributed by atoms with E-state index < -0.39 is 28.7 Å². The Labute approximate surface area is 139 Å². The van der Waals surface area contributed by atoms with E-state index in [2.05, 4.69) is 0 Å². The lowest BCUT2D eigenvalue weighted by Crippen LogP contribution is -2.20. The van der Waals surface area contributed by atoms with E-state index in [0.29, 0.717) is 5.52 Å². The van der Waals surface area contributed by atoms with Crippen molar-refractivity contribution in [2.24, 2.45) is 0 Å². The van der Waals surface area contributed by atoms with E-state index in [1.165, 1.54) is 28.8 Å². The molecule has 0 fully saturated rings. The molecule has 128 valence electrons. The molecule has 0 amide bonds. The Kier molecular flexibility index (Phi) is 4.08. The van der Waals surface area contributed by atoms with E-state index in [0.717, 1.165) is 12.3 Å². The minimum Gasteiger partial charge on any atom is -0.477 e. The van der Waals surface area contributed by atoms with Gasteiger partial charge in [-0.2, -0.15) is 13.2 Å². The third-order valence-corrected chi connectivity index (χ3v) is 3.88. The van der Waals surface area contributed by atoms with Crippen LogP contribution < -0.4 is 5.43 Å². The molecule has 4 nitrogen and oxygen atoms in total. The first-order chi connectivity index (χ1) is 11.8. The number of hydrogen-bond acceptors (Lipinski definition) is 2. The van der Waals surface area contributed by atoms with E-state index in [1.807, 2.05) is 0 Å². The van der Waals surface area contributed by atoms with Gasteiger partial charge >= 0.3 is 12.1 Å². The van der Waals surface area contributed by atoms with Crippen molar-refractivity contribution in [3.8, 4) is 0 Å². The van der Waals surface area contributed by atoms with E-state index in [9.17, 15) is 27.9 Å². The van der Waals surface area contributed by atoms with Gasteiger partial charge in [0.2, 0.25) is 5.43 Å². The predicted molar refractivity (Wildman–Crippen MR) is 85.7 cm³/mol. The van der Waals surface area contributed by atoms with Gasteiger partial charge < -0.3 is 9.67 Å². The zero-order valence-corrected chi connectivity index (χ0v) is 12.7. The van der Waals surface area contributed by atoms with Crippen molar-refractivity contribution in [1.82, 2.24) is 4.57 Å². The largest absolute Gasteiger partial charge is 0.477 e. The number of carbonyl (C=O) groups is 1. The average Bonchev–Trinajstić information content (AvgIpc) is 2.56. The van der Waals surface area contributed by atoms with Crippen LogP contribution in [0.4, 0.5) is 13.2 Å². The first-order valence-electron chi connectivity index (χ1n) is 7.29. The number of halogens is 3. The van der Waals surface area contributed by atoms with Gasteiger partial charge in [0.1, 0.15) is 5.56 Å². The molecule has 0 atom stereocenters. The van der Waals surface area contributed by atoms with E-state index >= 15 is 0 Å². The number of rotatable bonds is 3. The number of carboxylic acids is 1. The third kappa shape index (κ3) is 3.13. The first-order valence-corrected chi connectivity index (χ1v) is 7.29. The summed E-state index contributed by atoms with van der Waals surface area (Å²) in [5.74, 6) is -1.42. The van der Waals surface area contributed by atoms with Crippen LogP contribution >= 0.6 is 0 Å². The zero-order valence-electron chi connectivity index (χ0n) is 12.7.